The number of aromatic nitrogens is 1. The van der Waals surface area contributed by atoms with Crippen LogP contribution in [0.2, 0.25) is 0 Å². The maximum Gasteiger partial charge on any atom is 0.325 e. The van der Waals surface area contributed by atoms with E-state index in [4.69, 9.17) is 9.47 Å². The van der Waals surface area contributed by atoms with Gasteiger partial charge >= 0.3 is 5.97 Å². The SMILES string of the molecule is CC(C)OC(=O)CNC(=O)c1ccc(C(=O)NS(=O)(=O)CCOc2ccc(F)cc2)cn1. The van der Waals surface area contributed by atoms with Gasteiger partial charge in [-0.05, 0) is 50.2 Å². The van der Waals surface area contributed by atoms with E-state index in [0.29, 0.717) is 0 Å². The maximum atomic E-state index is 12.8. The number of rotatable bonds is 10. The van der Waals surface area contributed by atoms with Crippen molar-refractivity contribution in [2.24, 2.45) is 0 Å². The highest BCUT2D eigenvalue weighted by Crippen LogP contribution is 2.11. The summed E-state index contributed by atoms with van der Waals surface area (Å²) in [6, 6.07) is 7.45. The van der Waals surface area contributed by atoms with Crippen LogP contribution in [0.5, 0.6) is 5.75 Å². The lowest BCUT2D eigenvalue weighted by atomic mass is 10.2. The molecular formula is C20H22FN3O7S. The standard InChI is InChI=1S/C20H22FN3O7S/c1-13(2)31-18(25)12-23-20(27)17-8-3-14(11-22-17)19(26)24-32(28,29)10-9-30-16-6-4-15(21)5-7-16/h3-8,11,13H,9-10,12H2,1-2H3,(H,23,27)(H,24,26). The second-order valence-electron chi connectivity index (χ2n) is 6.71. The summed E-state index contributed by atoms with van der Waals surface area (Å²) in [5, 5.41) is 2.32. The van der Waals surface area contributed by atoms with E-state index in [1.807, 2.05) is 4.72 Å². The van der Waals surface area contributed by atoms with Crippen LogP contribution < -0.4 is 14.8 Å². The van der Waals surface area contributed by atoms with E-state index >= 15 is 0 Å². The fourth-order valence-corrected chi connectivity index (χ4v) is 3.07. The summed E-state index contributed by atoms with van der Waals surface area (Å²) >= 11 is 0. The Bertz CT molecular complexity index is 1060. The molecule has 2 N–H and O–H groups in total. The molecular weight excluding hydrogens is 445 g/mol. The van der Waals surface area contributed by atoms with E-state index in [2.05, 4.69) is 10.3 Å². The van der Waals surface area contributed by atoms with Crippen LogP contribution in [0.1, 0.15) is 34.7 Å². The van der Waals surface area contributed by atoms with Gasteiger partial charge in [0.2, 0.25) is 10.0 Å². The molecule has 0 unspecified atom stereocenters. The molecule has 0 spiro atoms. The van der Waals surface area contributed by atoms with Crippen molar-refractivity contribution in [2.75, 3.05) is 18.9 Å². The average Bonchev–Trinajstić information content (AvgIpc) is 2.72. The maximum absolute atomic E-state index is 12.8. The van der Waals surface area contributed by atoms with E-state index in [-0.39, 0.29) is 36.3 Å². The van der Waals surface area contributed by atoms with Crippen molar-refractivity contribution in [3.8, 4) is 5.75 Å². The van der Waals surface area contributed by atoms with Crippen molar-refractivity contribution in [3.63, 3.8) is 0 Å². The number of amides is 2. The summed E-state index contributed by atoms with van der Waals surface area (Å²) < 4.78 is 48.9. The summed E-state index contributed by atoms with van der Waals surface area (Å²) in [7, 11) is -4.02. The highest BCUT2D eigenvalue weighted by Gasteiger charge is 2.18. The van der Waals surface area contributed by atoms with Crippen molar-refractivity contribution in [3.05, 3.63) is 59.7 Å². The molecule has 2 aromatic rings. The van der Waals surface area contributed by atoms with Gasteiger partial charge in [-0.2, -0.15) is 0 Å². The van der Waals surface area contributed by atoms with Gasteiger partial charge in [-0.25, -0.2) is 17.5 Å². The molecule has 0 radical (unpaired) electrons. The molecule has 0 aliphatic heterocycles. The number of ether oxygens (including phenoxy) is 2. The number of esters is 1. The van der Waals surface area contributed by atoms with Crippen LogP contribution in [-0.4, -0.2) is 56.2 Å². The van der Waals surface area contributed by atoms with Crippen LogP contribution >= 0.6 is 0 Å². The zero-order valence-corrected chi connectivity index (χ0v) is 18.1. The van der Waals surface area contributed by atoms with Crippen LogP contribution in [-0.2, 0) is 19.6 Å². The largest absolute Gasteiger partial charge is 0.492 e. The molecule has 0 saturated carbocycles. The van der Waals surface area contributed by atoms with Crippen molar-refractivity contribution >= 4 is 27.8 Å². The molecule has 1 aromatic carbocycles. The van der Waals surface area contributed by atoms with Crippen LogP contribution in [0.25, 0.3) is 0 Å². The lowest BCUT2D eigenvalue weighted by Gasteiger charge is -2.09. The molecule has 2 amide bonds. The van der Waals surface area contributed by atoms with Crippen LogP contribution in [0.3, 0.4) is 0 Å². The van der Waals surface area contributed by atoms with Gasteiger partial charge in [0.25, 0.3) is 11.8 Å². The Balaban J connectivity index is 1.84. The molecule has 0 bridgehead atoms. The second kappa shape index (κ2) is 11.2. The summed E-state index contributed by atoms with van der Waals surface area (Å²) in [5.41, 5.74) is -0.168. The zero-order valence-electron chi connectivity index (χ0n) is 17.3. The quantitative estimate of drug-likeness (QED) is 0.494. The Labute approximate surface area is 184 Å². The predicted octanol–water partition coefficient (Wildman–Crippen LogP) is 1.04. The van der Waals surface area contributed by atoms with Gasteiger partial charge in [-0.15, -0.1) is 0 Å². The lowest BCUT2D eigenvalue weighted by Crippen LogP contribution is -2.34. The van der Waals surface area contributed by atoms with Gasteiger partial charge < -0.3 is 14.8 Å². The summed E-state index contributed by atoms with van der Waals surface area (Å²) in [5.74, 6) is -2.91. The monoisotopic (exact) mass is 467 g/mol. The number of sulfonamides is 1. The zero-order chi connectivity index (χ0) is 23.7. The Hall–Kier alpha value is -3.54. The first-order valence-electron chi connectivity index (χ1n) is 9.42. The first kappa shape index (κ1) is 24.7. The Morgan fingerprint density at radius 1 is 1.06 bits per heavy atom. The summed E-state index contributed by atoms with van der Waals surface area (Å²) in [4.78, 5) is 39.4. The molecule has 32 heavy (non-hydrogen) atoms. The molecule has 1 aromatic heterocycles. The number of nitrogens with one attached hydrogen (secondary N) is 2. The van der Waals surface area contributed by atoms with Gasteiger partial charge in [0.05, 0.1) is 11.7 Å². The number of benzene rings is 1. The highest BCUT2D eigenvalue weighted by molar-refractivity contribution is 7.90. The molecule has 0 saturated heterocycles. The Morgan fingerprint density at radius 2 is 1.75 bits per heavy atom. The van der Waals surface area contributed by atoms with Crippen LogP contribution in [0.4, 0.5) is 4.39 Å². The Morgan fingerprint density at radius 3 is 2.34 bits per heavy atom. The first-order valence-corrected chi connectivity index (χ1v) is 11.1. The highest BCUT2D eigenvalue weighted by atomic mass is 32.2. The number of halogens is 1. The van der Waals surface area contributed by atoms with Crippen molar-refractivity contribution < 1.29 is 36.7 Å². The molecule has 2 rings (SSSR count). The minimum atomic E-state index is -4.02. The lowest BCUT2D eigenvalue weighted by molar-refractivity contribution is -0.146. The van der Waals surface area contributed by atoms with E-state index in [1.165, 1.54) is 36.4 Å². The normalized spacial score (nSPS) is 11.0. The minimum Gasteiger partial charge on any atom is -0.492 e. The number of nitrogens with zero attached hydrogens (tertiary/aromatic N) is 1. The predicted molar refractivity (Wildman–Crippen MR) is 111 cm³/mol. The molecule has 0 fully saturated rings. The fraction of sp³-hybridized carbons (Fsp3) is 0.300. The van der Waals surface area contributed by atoms with Gasteiger partial charge in [0.15, 0.2) is 0 Å². The fourth-order valence-electron chi connectivity index (χ4n) is 2.26. The van der Waals surface area contributed by atoms with Gasteiger partial charge in [0, 0.05) is 6.20 Å². The third-order valence-electron chi connectivity index (χ3n) is 3.70. The third-order valence-corrected chi connectivity index (χ3v) is 4.90. The number of carbonyl (C=O) groups is 3. The van der Waals surface area contributed by atoms with E-state index in [0.717, 1.165) is 6.20 Å². The number of hydrogen-bond acceptors (Lipinski definition) is 8. The molecule has 172 valence electrons. The molecule has 0 aliphatic rings. The topological polar surface area (TPSA) is 141 Å². The van der Waals surface area contributed by atoms with E-state index in [1.54, 1.807) is 13.8 Å². The van der Waals surface area contributed by atoms with E-state index in [9.17, 15) is 27.2 Å². The molecule has 0 atom stereocenters. The summed E-state index contributed by atoms with van der Waals surface area (Å²) in [6.07, 6.45) is 0.711. The van der Waals surface area contributed by atoms with Gasteiger partial charge in [-0.1, -0.05) is 0 Å². The average molecular weight is 467 g/mol. The summed E-state index contributed by atoms with van der Waals surface area (Å²) in [6.45, 7) is 2.73. The number of carbonyl (C=O) groups excluding carboxylic acids is 3. The number of hydrogen-bond donors (Lipinski definition) is 2. The van der Waals surface area contributed by atoms with Gasteiger partial charge in [-0.3, -0.25) is 19.4 Å². The van der Waals surface area contributed by atoms with Gasteiger partial charge in [0.1, 0.15) is 36.2 Å². The van der Waals surface area contributed by atoms with Crippen LogP contribution in [0, 0.1) is 5.82 Å². The van der Waals surface area contributed by atoms with Crippen molar-refractivity contribution in [2.45, 2.75) is 20.0 Å². The van der Waals surface area contributed by atoms with E-state index < -0.39 is 39.4 Å². The molecule has 0 aliphatic carbocycles. The van der Waals surface area contributed by atoms with Crippen LogP contribution in [0.15, 0.2) is 42.6 Å². The Kier molecular flexibility index (Phi) is 8.64. The third kappa shape index (κ3) is 8.30. The van der Waals surface area contributed by atoms with Crippen molar-refractivity contribution in [1.82, 2.24) is 15.0 Å². The molecule has 1 heterocycles. The minimum absolute atomic E-state index is 0.0746. The molecule has 10 nitrogen and oxygen atoms in total. The van der Waals surface area contributed by atoms with Crippen molar-refractivity contribution in [1.29, 1.82) is 0 Å². The molecule has 12 heteroatoms. The first-order chi connectivity index (χ1) is 15.1. The second-order valence-corrected chi connectivity index (χ2v) is 8.55. The number of pyridine rings is 1. The smallest absolute Gasteiger partial charge is 0.325 e.